The summed E-state index contributed by atoms with van der Waals surface area (Å²) in [6, 6.07) is 6.17. The van der Waals surface area contributed by atoms with Crippen LogP contribution < -0.4 is 10.5 Å². The molecule has 0 radical (unpaired) electrons. The van der Waals surface area contributed by atoms with Crippen molar-refractivity contribution in [2.45, 2.75) is 18.9 Å². The topological polar surface area (TPSA) is 55.6 Å². The van der Waals surface area contributed by atoms with Gasteiger partial charge in [0.2, 0.25) is 5.91 Å². The fraction of sp³-hybridized carbons (Fsp3) is 0.462. The zero-order valence-corrected chi connectivity index (χ0v) is 11.9. The van der Waals surface area contributed by atoms with E-state index in [0.29, 0.717) is 6.54 Å². The zero-order chi connectivity index (χ0) is 13.1. The normalized spacial score (nSPS) is 20.0. The molecule has 2 N–H and O–H groups in total. The van der Waals surface area contributed by atoms with E-state index in [9.17, 15) is 4.79 Å². The third kappa shape index (κ3) is 2.84. The van der Waals surface area contributed by atoms with Gasteiger partial charge in [-0.25, -0.2) is 0 Å². The smallest absolute Gasteiger partial charge is 0.231 e. The Kier molecular flexibility index (Phi) is 4.24. The van der Waals surface area contributed by atoms with Gasteiger partial charge in [-0.15, -0.1) is 0 Å². The second kappa shape index (κ2) is 5.71. The molecule has 1 amide bonds. The Labute approximate surface area is 115 Å². The highest BCUT2D eigenvalue weighted by molar-refractivity contribution is 9.10. The summed E-state index contributed by atoms with van der Waals surface area (Å²) < 4.78 is 6.42. The summed E-state index contributed by atoms with van der Waals surface area (Å²) in [5, 5.41) is 0. The molecule has 0 spiro atoms. The Hall–Kier alpha value is -1.07. The average Bonchev–Trinajstić information content (AvgIpc) is 2.76. The first kappa shape index (κ1) is 13.4. The van der Waals surface area contributed by atoms with Crippen LogP contribution in [0.5, 0.6) is 5.75 Å². The first-order valence-corrected chi connectivity index (χ1v) is 6.77. The summed E-state index contributed by atoms with van der Waals surface area (Å²) in [7, 11) is 1.67. The van der Waals surface area contributed by atoms with Crippen molar-refractivity contribution in [3.63, 3.8) is 0 Å². The van der Waals surface area contributed by atoms with Gasteiger partial charge in [0.25, 0.3) is 0 Å². The van der Waals surface area contributed by atoms with Gasteiger partial charge in [-0.3, -0.25) is 9.69 Å². The summed E-state index contributed by atoms with van der Waals surface area (Å²) in [6.45, 7) is 1.21. The number of amides is 1. The quantitative estimate of drug-likeness (QED) is 0.926. The molecule has 1 aromatic rings. The third-order valence-electron chi connectivity index (χ3n) is 3.27. The van der Waals surface area contributed by atoms with Gasteiger partial charge in [0.15, 0.2) is 0 Å². The number of benzene rings is 1. The maximum absolute atomic E-state index is 11.1. The molecule has 18 heavy (non-hydrogen) atoms. The van der Waals surface area contributed by atoms with Crippen LogP contribution in [0.15, 0.2) is 22.7 Å². The number of halogens is 1. The first-order valence-electron chi connectivity index (χ1n) is 5.97. The van der Waals surface area contributed by atoms with Crippen LogP contribution in [0.1, 0.15) is 24.4 Å². The summed E-state index contributed by atoms with van der Waals surface area (Å²) in [4.78, 5) is 13.2. The lowest BCUT2D eigenvalue weighted by Crippen LogP contribution is -2.33. The highest BCUT2D eigenvalue weighted by Gasteiger charge is 2.29. The maximum Gasteiger partial charge on any atom is 0.231 e. The van der Waals surface area contributed by atoms with Crippen molar-refractivity contribution in [1.82, 2.24) is 4.90 Å². The van der Waals surface area contributed by atoms with Gasteiger partial charge in [-0.05, 0) is 37.6 Å². The van der Waals surface area contributed by atoms with Crippen molar-refractivity contribution < 1.29 is 9.53 Å². The number of hydrogen-bond acceptors (Lipinski definition) is 3. The molecule has 1 aliphatic rings. The highest BCUT2D eigenvalue weighted by atomic mass is 79.9. The number of methoxy groups -OCH3 is 1. The molecule has 0 aromatic heterocycles. The zero-order valence-electron chi connectivity index (χ0n) is 10.4. The molecule has 1 fully saturated rings. The molecule has 1 heterocycles. The van der Waals surface area contributed by atoms with E-state index in [1.54, 1.807) is 7.11 Å². The van der Waals surface area contributed by atoms with Crippen molar-refractivity contribution in [1.29, 1.82) is 0 Å². The molecule has 4 nitrogen and oxygen atoms in total. The van der Waals surface area contributed by atoms with E-state index in [0.717, 1.165) is 35.2 Å². The van der Waals surface area contributed by atoms with E-state index in [4.69, 9.17) is 10.5 Å². The molecule has 0 bridgehead atoms. The SMILES string of the molecule is COc1ccc(Br)cc1C1CCCN1CC(N)=O. The third-order valence-corrected chi connectivity index (χ3v) is 3.77. The minimum absolute atomic E-state index is 0.213. The molecular weight excluding hydrogens is 296 g/mol. The summed E-state index contributed by atoms with van der Waals surface area (Å²) >= 11 is 3.48. The maximum atomic E-state index is 11.1. The lowest BCUT2D eigenvalue weighted by Gasteiger charge is -2.25. The summed E-state index contributed by atoms with van der Waals surface area (Å²) in [5.41, 5.74) is 6.41. The Morgan fingerprint density at radius 2 is 2.39 bits per heavy atom. The number of rotatable bonds is 4. The van der Waals surface area contributed by atoms with Crippen LogP contribution in [-0.4, -0.2) is 31.0 Å². The molecule has 1 aliphatic heterocycles. The number of carbonyl (C=O) groups is 1. The second-order valence-electron chi connectivity index (χ2n) is 4.48. The second-order valence-corrected chi connectivity index (χ2v) is 5.40. The van der Waals surface area contributed by atoms with Gasteiger partial charge in [0, 0.05) is 16.1 Å². The fourth-order valence-corrected chi connectivity index (χ4v) is 2.91. The van der Waals surface area contributed by atoms with Crippen LogP contribution >= 0.6 is 15.9 Å². The lowest BCUT2D eigenvalue weighted by atomic mass is 10.0. The van der Waals surface area contributed by atoms with Crippen LogP contribution in [0, 0.1) is 0 Å². The van der Waals surface area contributed by atoms with E-state index >= 15 is 0 Å². The van der Waals surface area contributed by atoms with E-state index in [1.807, 2.05) is 12.1 Å². The van der Waals surface area contributed by atoms with Gasteiger partial charge >= 0.3 is 0 Å². The van der Waals surface area contributed by atoms with Gasteiger partial charge in [0.05, 0.1) is 13.7 Å². The van der Waals surface area contributed by atoms with Crippen molar-refractivity contribution in [3.8, 4) is 5.75 Å². The standard InChI is InChI=1S/C13H17BrN2O2/c1-18-12-5-4-9(14)7-10(12)11-3-2-6-16(11)8-13(15)17/h4-5,7,11H,2-3,6,8H2,1H3,(H2,15,17). The molecule has 1 atom stereocenters. The number of primary amides is 1. The van der Waals surface area contributed by atoms with Crippen molar-refractivity contribution >= 4 is 21.8 Å². The molecule has 0 saturated carbocycles. The molecular formula is C13H17BrN2O2. The average molecular weight is 313 g/mol. The lowest BCUT2D eigenvalue weighted by molar-refractivity contribution is -0.119. The Balaban J connectivity index is 2.29. The molecule has 5 heteroatoms. The predicted molar refractivity (Wildman–Crippen MR) is 73.4 cm³/mol. The van der Waals surface area contributed by atoms with Gasteiger partial charge in [-0.1, -0.05) is 15.9 Å². The molecule has 98 valence electrons. The van der Waals surface area contributed by atoms with Crippen molar-refractivity contribution in [2.75, 3.05) is 20.2 Å². The Morgan fingerprint density at radius 3 is 3.06 bits per heavy atom. The van der Waals surface area contributed by atoms with E-state index in [-0.39, 0.29) is 11.9 Å². The number of hydrogen-bond donors (Lipinski definition) is 1. The predicted octanol–water partition coefficient (Wildman–Crippen LogP) is 2.08. The number of nitrogens with zero attached hydrogens (tertiary/aromatic N) is 1. The van der Waals surface area contributed by atoms with E-state index < -0.39 is 0 Å². The largest absolute Gasteiger partial charge is 0.496 e. The Bertz CT molecular complexity index is 451. The molecule has 1 unspecified atom stereocenters. The molecule has 1 saturated heterocycles. The number of carbonyl (C=O) groups excluding carboxylic acids is 1. The van der Waals surface area contributed by atoms with Crippen LogP contribution in [0.25, 0.3) is 0 Å². The molecule has 1 aromatic carbocycles. The number of nitrogens with two attached hydrogens (primary N) is 1. The van der Waals surface area contributed by atoms with Gasteiger partial charge in [0.1, 0.15) is 5.75 Å². The van der Waals surface area contributed by atoms with Crippen LogP contribution in [0.3, 0.4) is 0 Å². The molecule has 2 rings (SSSR count). The minimum Gasteiger partial charge on any atom is -0.496 e. The van der Waals surface area contributed by atoms with Crippen LogP contribution in [0.2, 0.25) is 0 Å². The summed E-state index contributed by atoms with van der Waals surface area (Å²) in [5.74, 6) is 0.579. The Morgan fingerprint density at radius 1 is 1.61 bits per heavy atom. The highest BCUT2D eigenvalue weighted by Crippen LogP contribution is 2.38. The fourth-order valence-electron chi connectivity index (χ4n) is 2.53. The monoisotopic (exact) mass is 312 g/mol. The number of likely N-dealkylation sites (tertiary alicyclic amines) is 1. The summed E-state index contributed by atoms with van der Waals surface area (Å²) in [6.07, 6.45) is 2.10. The van der Waals surface area contributed by atoms with Crippen molar-refractivity contribution in [2.24, 2.45) is 5.73 Å². The first-order chi connectivity index (χ1) is 8.61. The van der Waals surface area contributed by atoms with Crippen LogP contribution in [-0.2, 0) is 4.79 Å². The minimum atomic E-state index is -0.282. The van der Waals surface area contributed by atoms with E-state index in [2.05, 4.69) is 26.9 Å². The number of ether oxygens (including phenoxy) is 1. The van der Waals surface area contributed by atoms with Crippen LogP contribution in [0.4, 0.5) is 0 Å². The van der Waals surface area contributed by atoms with Crippen molar-refractivity contribution in [3.05, 3.63) is 28.2 Å². The van der Waals surface area contributed by atoms with E-state index in [1.165, 1.54) is 0 Å². The van der Waals surface area contributed by atoms with Gasteiger partial charge in [-0.2, -0.15) is 0 Å². The molecule has 0 aliphatic carbocycles. The van der Waals surface area contributed by atoms with Gasteiger partial charge < -0.3 is 10.5 Å².